The Kier molecular flexibility index (Phi) is 3.50. The summed E-state index contributed by atoms with van der Waals surface area (Å²) in [5.41, 5.74) is 1.35. The Labute approximate surface area is 142 Å². The fraction of sp³-hybridized carbons (Fsp3) is 0.118. The molecule has 0 unspecified atom stereocenters. The molecule has 0 saturated heterocycles. The van der Waals surface area contributed by atoms with Gasteiger partial charge in [0.25, 0.3) is 0 Å². The van der Waals surface area contributed by atoms with Gasteiger partial charge < -0.3 is 0 Å². The van der Waals surface area contributed by atoms with Gasteiger partial charge in [-0.1, -0.05) is 0 Å². The molecule has 2 aromatic carbocycles. The van der Waals surface area contributed by atoms with E-state index in [9.17, 15) is 0 Å². The van der Waals surface area contributed by atoms with E-state index in [4.69, 9.17) is 4.74 Å². The normalized spacial score (nSPS) is 11.5. The summed E-state index contributed by atoms with van der Waals surface area (Å²) in [4.78, 5) is 0. The van der Waals surface area contributed by atoms with Crippen molar-refractivity contribution in [3.05, 3.63) is 44.9 Å². The third-order valence-corrected chi connectivity index (χ3v) is 9.53. The summed E-state index contributed by atoms with van der Waals surface area (Å²) in [6.07, 6.45) is 0. The summed E-state index contributed by atoms with van der Waals surface area (Å²) in [5.74, 6) is 0.964. The van der Waals surface area contributed by atoms with Gasteiger partial charge in [-0.05, 0) is 0 Å². The fourth-order valence-corrected chi connectivity index (χ4v) is 9.67. The van der Waals surface area contributed by atoms with E-state index < -0.39 is 0 Å². The van der Waals surface area contributed by atoms with Crippen LogP contribution in [0.2, 0.25) is 0 Å². The Hall–Kier alpha value is -0.592. The molecule has 0 aliphatic heterocycles. The zero-order valence-corrected chi connectivity index (χ0v) is 16.7. The van der Waals surface area contributed by atoms with Crippen molar-refractivity contribution >= 4 is 73.5 Å². The molecule has 0 radical (unpaired) electrons. The van der Waals surface area contributed by atoms with Crippen LogP contribution in [0.5, 0.6) is 5.75 Å². The van der Waals surface area contributed by atoms with Crippen LogP contribution in [0.15, 0.2) is 36.4 Å². The number of hydrogen-bond acceptors (Lipinski definition) is 1. The van der Waals surface area contributed by atoms with Crippen LogP contribution >= 0.6 is 0 Å². The van der Waals surface area contributed by atoms with E-state index in [0.29, 0.717) is 29.0 Å². The van der Waals surface area contributed by atoms with Crippen LogP contribution in [0.1, 0.15) is 5.56 Å². The maximum absolute atomic E-state index is 5.38. The SMILES string of the molecule is COc1ccc2c(c1)[se]c(=[Se])c1c3cc(C)ccc3[se]c21. The Bertz CT molecular complexity index is 1060. The molecule has 21 heavy (non-hydrogen) atoms. The number of aryl methyl sites for hydroxylation is 1. The van der Waals surface area contributed by atoms with Gasteiger partial charge in [-0.3, -0.25) is 0 Å². The van der Waals surface area contributed by atoms with E-state index in [1.807, 2.05) is 0 Å². The van der Waals surface area contributed by atoms with Crippen molar-refractivity contribution in [1.82, 2.24) is 0 Å². The van der Waals surface area contributed by atoms with Gasteiger partial charge in [0.1, 0.15) is 0 Å². The van der Waals surface area contributed by atoms with Crippen molar-refractivity contribution in [3.8, 4) is 5.75 Å². The molecule has 0 aliphatic rings. The molecule has 2 aromatic heterocycles. The number of benzene rings is 2. The predicted molar refractivity (Wildman–Crippen MR) is 93.1 cm³/mol. The summed E-state index contributed by atoms with van der Waals surface area (Å²) in [5, 5.41) is 4.40. The minimum absolute atomic E-state index is 0.351. The molecule has 2 heterocycles. The molecule has 4 heteroatoms. The molecule has 1 nitrogen and oxygen atoms in total. The van der Waals surface area contributed by atoms with Crippen molar-refractivity contribution in [1.29, 1.82) is 0 Å². The standard InChI is InChI=1S/C17H12OSe3/c1-9-3-6-13-12(7-9)15-16(20-13)11-5-4-10(18-2)8-14(11)21-17(15)19/h3-8H,1-2H3. The van der Waals surface area contributed by atoms with E-state index in [1.54, 1.807) is 11.4 Å². The summed E-state index contributed by atoms with van der Waals surface area (Å²) in [6, 6.07) is 13.4. The Morgan fingerprint density at radius 2 is 1.81 bits per heavy atom. The molecular formula is C17H12OSe3. The number of hydrogen-bond donors (Lipinski definition) is 0. The minimum atomic E-state index is 0.351. The van der Waals surface area contributed by atoms with Gasteiger partial charge in [-0.2, -0.15) is 0 Å². The zero-order chi connectivity index (χ0) is 14.6. The monoisotopic (exact) mass is 472 g/mol. The van der Waals surface area contributed by atoms with Crippen LogP contribution in [0.4, 0.5) is 0 Å². The van der Waals surface area contributed by atoms with Gasteiger partial charge >= 0.3 is 143 Å². The third-order valence-electron chi connectivity index (χ3n) is 3.68. The molecule has 0 bridgehead atoms. The number of ether oxygens (including phenoxy) is 1. The van der Waals surface area contributed by atoms with Crippen LogP contribution in [0.25, 0.3) is 28.9 Å². The van der Waals surface area contributed by atoms with Gasteiger partial charge in [-0.15, -0.1) is 0 Å². The Balaban J connectivity index is 2.25. The first-order valence-electron chi connectivity index (χ1n) is 6.61. The van der Waals surface area contributed by atoms with Crippen molar-refractivity contribution < 1.29 is 4.74 Å². The molecule has 4 rings (SSSR count). The van der Waals surface area contributed by atoms with E-state index in [2.05, 4.69) is 58.9 Å². The second-order valence-electron chi connectivity index (χ2n) is 5.06. The van der Waals surface area contributed by atoms with Crippen molar-refractivity contribution in [2.45, 2.75) is 6.92 Å². The van der Waals surface area contributed by atoms with Crippen molar-refractivity contribution in [3.63, 3.8) is 0 Å². The van der Waals surface area contributed by atoms with Crippen molar-refractivity contribution in [2.24, 2.45) is 0 Å². The molecule has 4 aromatic rings. The molecule has 104 valence electrons. The van der Waals surface area contributed by atoms with Crippen LogP contribution in [0, 0.1) is 9.86 Å². The fourth-order valence-electron chi connectivity index (χ4n) is 2.66. The maximum atomic E-state index is 5.38. The Morgan fingerprint density at radius 3 is 2.62 bits per heavy atom. The van der Waals surface area contributed by atoms with E-state index >= 15 is 0 Å². The molecule has 0 saturated carbocycles. The van der Waals surface area contributed by atoms with Gasteiger partial charge in [-0.25, -0.2) is 0 Å². The van der Waals surface area contributed by atoms with E-state index in [0.717, 1.165) is 5.75 Å². The first-order chi connectivity index (χ1) is 10.2. The van der Waals surface area contributed by atoms with Gasteiger partial charge in [0.05, 0.1) is 0 Å². The van der Waals surface area contributed by atoms with Gasteiger partial charge in [0.15, 0.2) is 0 Å². The average molecular weight is 469 g/mol. The summed E-state index contributed by atoms with van der Waals surface area (Å²) in [7, 11) is 1.74. The number of fused-ring (bicyclic) bond motifs is 5. The second kappa shape index (κ2) is 5.25. The van der Waals surface area contributed by atoms with Crippen LogP contribution in [-0.4, -0.2) is 51.7 Å². The number of rotatable bonds is 1. The summed E-state index contributed by atoms with van der Waals surface area (Å²) < 4.78 is 11.3. The molecular weight excluding hydrogens is 457 g/mol. The quantitative estimate of drug-likeness (QED) is 0.389. The van der Waals surface area contributed by atoms with Gasteiger partial charge in [0.2, 0.25) is 0 Å². The average Bonchev–Trinajstić information content (AvgIpc) is 2.86. The molecule has 0 fully saturated rings. The van der Waals surface area contributed by atoms with E-state index in [-0.39, 0.29) is 0 Å². The summed E-state index contributed by atoms with van der Waals surface area (Å²) >= 11 is 4.11. The topological polar surface area (TPSA) is 9.23 Å². The zero-order valence-electron chi connectivity index (χ0n) is 11.6. The van der Waals surface area contributed by atoms with Gasteiger partial charge in [0, 0.05) is 0 Å². The summed E-state index contributed by atoms with van der Waals surface area (Å²) in [6.45, 7) is 2.18. The van der Waals surface area contributed by atoms with E-state index in [1.165, 1.54) is 33.2 Å². The molecule has 0 spiro atoms. The predicted octanol–water partition coefficient (Wildman–Crippen LogP) is 3.28. The molecule has 0 N–H and O–H groups in total. The van der Waals surface area contributed by atoms with Crippen LogP contribution in [-0.2, 0) is 0 Å². The second-order valence-corrected chi connectivity index (χ2v) is 11.6. The molecule has 0 aliphatic carbocycles. The molecule has 0 atom stereocenters. The van der Waals surface area contributed by atoms with Crippen molar-refractivity contribution in [2.75, 3.05) is 7.11 Å². The first-order valence-corrected chi connectivity index (χ1v) is 10.9. The third kappa shape index (κ3) is 2.23. The first kappa shape index (κ1) is 14.0. The Morgan fingerprint density at radius 1 is 0.952 bits per heavy atom. The number of methoxy groups -OCH3 is 1. The molecule has 0 amide bonds. The van der Waals surface area contributed by atoms with Crippen LogP contribution < -0.4 is 4.74 Å². The van der Waals surface area contributed by atoms with Crippen LogP contribution in [0.3, 0.4) is 0 Å².